The minimum Gasteiger partial charge on any atom is -0.388 e. The van der Waals surface area contributed by atoms with Crippen LogP contribution in [0, 0.1) is 22.7 Å². The lowest BCUT2D eigenvalue weighted by atomic mass is 10.3. The van der Waals surface area contributed by atoms with Crippen molar-refractivity contribution in [2.75, 3.05) is 0 Å². The number of aryl methyl sites for hydroxylation is 1. The van der Waals surface area contributed by atoms with E-state index in [-0.39, 0.29) is 17.1 Å². The summed E-state index contributed by atoms with van der Waals surface area (Å²) in [6.45, 7) is 0. The summed E-state index contributed by atoms with van der Waals surface area (Å²) in [4.78, 5) is 4.89. The SMILES string of the molecule is Cn1nc(-c2ccc(C=NC(C#N)=C(N)C#N)s2)cc1C(F)(F)F. The van der Waals surface area contributed by atoms with Crippen LogP contribution in [0.2, 0.25) is 0 Å². The van der Waals surface area contributed by atoms with Crippen molar-refractivity contribution >= 4 is 17.6 Å². The number of thiophene rings is 1. The summed E-state index contributed by atoms with van der Waals surface area (Å²) in [5.74, 6) is 0. The summed E-state index contributed by atoms with van der Waals surface area (Å²) in [5, 5.41) is 21.3. The van der Waals surface area contributed by atoms with Crippen LogP contribution in [0.3, 0.4) is 0 Å². The quantitative estimate of drug-likeness (QED) is 0.679. The van der Waals surface area contributed by atoms with E-state index >= 15 is 0 Å². The summed E-state index contributed by atoms with van der Waals surface area (Å²) in [6, 6.07) is 7.47. The van der Waals surface area contributed by atoms with Gasteiger partial charge in [0.25, 0.3) is 0 Å². The summed E-state index contributed by atoms with van der Waals surface area (Å²) in [6.07, 6.45) is -3.17. The maximum Gasteiger partial charge on any atom is 0.433 e. The van der Waals surface area contributed by atoms with Gasteiger partial charge in [0.15, 0.2) is 5.70 Å². The molecule has 0 fully saturated rings. The molecule has 2 aromatic rings. The predicted octanol–water partition coefficient (Wildman–Crippen LogP) is 2.80. The lowest BCUT2D eigenvalue weighted by molar-refractivity contribution is -0.143. The third-order valence-electron chi connectivity index (χ3n) is 2.85. The molecule has 0 saturated heterocycles. The molecule has 0 unspecified atom stereocenters. The van der Waals surface area contributed by atoms with E-state index in [1.165, 1.54) is 13.3 Å². The minimum absolute atomic E-state index is 0.182. The molecule has 0 bridgehead atoms. The molecule has 2 heterocycles. The number of nitriles is 2. The second kappa shape index (κ2) is 6.56. The highest BCUT2D eigenvalue weighted by molar-refractivity contribution is 7.17. The van der Waals surface area contributed by atoms with Crippen LogP contribution >= 0.6 is 11.3 Å². The highest BCUT2D eigenvalue weighted by atomic mass is 32.1. The first kappa shape index (κ1) is 17.2. The van der Waals surface area contributed by atoms with Crippen molar-refractivity contribution in [3.63, 3.8) is 0 Å². The van der Waals surface area contributed by atoms with Gasteiger partial charge in [-0.05, 0) is 18.2 Å². The zero-order chi connectivity index (χ0) is 17.9. The van der Waals surface area contributed by atoms with Crippen molar-refractivity contribution in [3.05, 3.63) is 40.2 Å². The first-order valence-corrected chi connectivity index (χ1v) is 7.13. The molecule has 2 N–H and O–H groups in total. The van der Waals surface area contributed by atoms with Crippen molar-refractivity contribution < 1.29 is 13.2 Å². The van der Waals surface area contributed by atoms with Gasteiger partial charge in [-0.15, -0.1) is 11.3 Å². The zero-order valence-corrected chi connectivity index (χ0v) is 13.0. The molecule has 2 aromatic heterocycles. The smallest absolute Gasteiger partial charge is 0.388 e. The molecule has 0 atom stereocenters. The number of hydrogen-bond donors (Lipinski definition) is 1. The van der Waals surface area contributed by atoms with Gasteiger partial charge in [-0.2, -0.15) is 28.8 Å². The van der Waals surface area contributed by atoms with Crippen LogP contribution in [0.25, 0.3) is 10.6 Å². The molecule has 0 amide bonds. The predicted molar refractivity (Wildman–Crippen MR) is 81.6 cm³/mol. The number of nitrogens with two attached hydrogens (primary N) is 1. The van der Waals surface area contributed by atoms with Gasteiger partial charge >= 0.3 is 6.18 Å². The molecule has 0 aliphatic rings. The molecule has 0 aromatic carbocycles. The molecule has 2 rings (SSSR count). The monoisotopic (exact) mass is 350 g/mol. The molecule has 6 nitrogen and oxygen atoms in total. The summed E-state index contributed by atoms with van der Waals surface area (Å²) in [5.41, 5.74) is 4.10. The van der Waals surface area contributed by atoms with E-state index in [2.05, 4.69) is 10.1 Å². The van der Waals surface area contributed by atoms with Gasteiger partial charge in [0, 0.05) is 18.1 Å². The van der Waals surface area contributed by atoms with E-state index in [0.29, 0.717) is 9.75 Å². The molecule has 0 saturated carbocycles. The van der Waals surface area contributed by atoms with Crippen LogP contribution in [0.15, 0.2) is 34.6 Å². The van der Waals surface area contributed by atoms with E-state index in [1.807, 2.05) is 0 Å². The van der Waals surface area contributed by atoms with E-state index in [9.17, 15) is 13.2 Å². The Morgan fingerprint density at radius 3 is 2.62 bits per heavy atom. The minimum atomic E-state index is -4.48. The second-order valence-electron chi connectivity index (χ2n) is 4.48. The summed E-state index contributed by atoms with van der Waals surface area (Å²) < 4.78 is 39.1. The van der Waals surface area contributed by atoms with Gasteiger partial charge in [0.05, 0.1) is 4.88 Å². The first-order chi connectivity index (χ1) is 11.3. The number of hydrogen-bond acceptors (Lipinski definition) is 6. The molecule has 0 spiro atoms. The fraction of sp³-hybridized carbons (Fsp3) is 0.143. The van der Waals surface area contributed by atoms with Crippen molar-refractivity contribution in [3.8, 4) is 22.7 Å². The van der Waals surface area contributed by atoms with Gasteiger partial charge in [-0.25, -0.2) is 4.99 Å². The fourth-order valence-corrected chi connectivity index (χ4v) is 2.59. The third kappa shape index (κ3) is 3.62. The van der Waals surface area contributed by atoms with Crippen LogP contribution in [-0.2, 0) is 13.2 Å². The van der Waals surface area contributed by atoms with E-state index in [4.69, 9.17) is 16.3 Å². The van der Waals surface area contributed by atoms with E-state index in [0.717, 1.165) is 22.1 Å². The molecular formula is C14H9F3N6S. The van der Waals surface area contributed by atoms with E-state index < -0.39 is 11.9 Å². The molecule has 122 valence electrons. The maximum atomic E-state index is 12.8. The van der Waals surface area contributed by atoms with Gasteiger partial charge in [0.1, 0.15) is 29.2 Å². The van der Waals surface area contributed by atoms with Crippen molar-refractivity contribution in [1.82, 2.24) is 9.78 Å². The number of nitrogens with zero attached hydrogens (tertiary/aromatic N) is 5. The van der Waals surface area contributed by atoms with Crippen LogP contribution in [0.5, 0.6) is 0 Å². The number of halogens is 3. The first-order valence-electron chi connectivity index (χ1n) is 6.31. The molecule has 0 aliphatic heterocycles. The Morgan fingerprint density at radius 2 is 2.08 bits per heavy atom. The van der Waals surface area contributed by atoms with Gasteiger partial charge in [-0.3, -0.25) is 4.68 Å². The van der Waals surface area contributed by atoms with Gasteiger partial charge < -0.3 is 5.73 Å². The van der Waals surface area contributed by atoms with E-state index in [1.54, 1.807) is 24.3 Å². The average molecular weight is 350 g/mol. The zero-order valence-electron chi connectivity index (χ0n) is 12.2. The largest absolute Gasteiger partial charge is 0.433 e. The molecule has 10 heteroatoms. The number of alkyl halides is 3. The van der Waals surface area contributed by atoms with Crippen LogP contribution < -0.4 is 5.73 Å². The van der Waals surface area contributed by atoms with Gasteiger partial charge in [0.2, 0.25) is 0 Å². The average Bonchev–Trinajstić information content (AvgIpc) is 3.13. The number of rotatable bonds is 3. The van der Waals surface area contributed by atoms with Crippen molar-refractivity contribution in [2.24, 2.45) is 17.8 Å². The van der Waals surface area contributed by atoms with Crippen LogP contribution in [0.4, 0.5) is 13.2 Å². The lowest BCUT2D eigenvalue weighted by Crippen LogP contribution is -2.11. The third-order valence-corrected chi connectivity index (χ3v) is 3.89. The summed E-state index contributed by atoms with van der Waals surface area (Å²) >= 11 is 1.14. The van der Waals surface area contributed by atoms with Gasteiger partial charge in [-0.1, -0.05) is 0 Å². The number of aromatic nitrogens is 2. The topological polar surface area (TPSA) is 104 Å². The van der Waals surface area contributed by atoms with Crippen LogP contribution in [-0.4, -0.2) is 16.0 Å². The Hall–Kier alpha value is -3.11. The maximum absolute atomic E-state index is 12.8. The Balaban J connectivity index is 2.30. The molecule has 0 radical (unpaired) electrons. The normalized spacial score (nSPS) is 12.8. The highest BCUT2D eigenvalue weighted by Crippen LogP contribution is 2.33. The highest BCUT2D eigenvalue weighted by Gasteiger charge is 2.35. The Bertz CT molecular complexity index is 904. The molecule has 0 aliphatic carbocycles. The fourth-order valence-electron chi connectivity index (χ4n) is 1.75. The van der Waals surface area contributed by atoms with Crippen molar-refractivity contribution in [2.45, 2.75) is 6.18 Å². The van der Waals surface area contributed by atoms with Crippen LogP contribution in [0.1, 0.15) is 10.6 Å². The molecule has 24 heavy (non-hydrogen) atoms. The number of allylic oxidation sites excluding steroid dienone is 2. The Labute approximate surface area is 138 Å². The van der Waals surface area contributed by atoms with Crippen molar-refractivity contribution in [1.29, 1.82) is 10.5 Å². The Kier molecular flexibility index (Phi) is 4.71. The standard InChI is InChI=1S/C14H9F3N6S/c1-23-13(14(15,16)17)4-10(22-23)12-3-2-8(24-12)7-21-11(6-19)9(20)5-18/h2-4,7H,20H2,1H3. The lowest BCUT2D eigenvalue weighted by Gasteiger charge is -2.04. The summed E-state index contributed by atoms with van der Waals surface area (Å²) in [7, 11) is 1.22. The Morgan fingerprint density at radius 1 is 1.38 bits per heavy atom. The second-order valence-corrected chi connectivity index (χ2v) is 5.60. The number of aliphatic imine (C=N–C) groups is 1. The molecular weight excluding hydrogens is 341 g/mol.